The van der Waals surface area contributed by atoms with Crippen LogP contribution in [-0.4, -0.2) is 188 Å². The molecule has 0 spiro atoms. The number of carbonyl (C=O) groups is 1. The molecule has 0 saturated heterocycles. The van der Waals surface area contributed by atoms with Crippen molar-refractivity contribution in [3.63, 3.8) is 0 Å². The van der Waals surface area contributed by atoms with Crippen LogP contribution in [0.2, 0.25) is 0 Å². The van der Waals surface area contributed by atoms with E-state index in [1.54, 1.807) is 108 Å². The third kappa shape index (κ3) is 24.7. The molecule has 2 aliphatic rings. The quantitative estimate of drug-likeness (QED) is 0.0581. The zero-order valence-electron chi connectivity index (χ0n) is 86.5. The highest BCUT2D eigenvalue weighted by atomic mass is 19.1. The summed E-state index contributed by atoms with van der Waals surface area (Å²) in [5, 5.41) is 20.9. The first kappa shape index (κ1) is 113. The van der Waals surface area contributed by atoms with E-state index in [-0.39, 0.29) is 109 Å². The molecule has 0 amide bonds. The van der Waals surface area contributed by atoms with E-state index in [2.05, 4.69) is 220 Å². The maximum atomic E-state index is 13.4. The molecule has 792 valence electrons. The van der Waals surface area contributed by atoms with Gasteiger partial charge in [0.25, 0.3) is 22.2 Å². The van der Waals surface area contributed by atoms with E-state index >= 15 is 0 Å². The minimum absolute atomic E-state index is 0. The first-order valence-corrected chi connectivity index (χ1v) is 48.0. The summed E-state index contributed by atoms with van der Waals surface area (Å²) in [7, 11) is 0. The van der Waals surface area contributed by atoms with Crippen molar-refractivity contribution in [2.75, 3.05) is 28.7 Å². The van der Waals surface area contributed by atoms with Crippen LogP contribution in [0.5, 0.6) is 0 Å². The molecule has 15 N–H and O–H groups in total. The molecule has 1 atom stereocenters. The molecule has 2 aliphatic heterocycles. The predicted octanol–water partition coefficient (Wildman–Crippen LogP) is 16.1. The highest BCUT2D eigenvalue weighted by Gasteiger charge is 2.27. The van der Waals surface area contributed by atoms with Crippen LogP contribution >= 0.6 is 0 Å². The smallest absolute Gasteiger partial charge is 0.279 e. The lowest BCUT2D eigenvalue weighted by atomic mass is 10.1. The van der Waals surface area contributed by atoms with Crippen molar-refractivity contribution in [1.29, 1.82) is 0 Å². The number of rotatable bonds is 11. The molecule has 0 fully saturated rings. The van der Waals surface area contributed by atoms with E-state index in [0.29, 0.717) is 120 Å². The van der Waals surface area contributed by atoms with Crippen LogP contribution < -0.4 is 56.6 Å². The Bertz CT molecular complexity index is 8040. The van der Waals surface area contributed by atoms with Crippen LogP contribution in [0.15, 0.2) is 190 Å². The lowest BCUT2D eigenvalue weighted by Crippen LogP contribution is -2.16. The first-order valence-electron chi connectivity index (χ1n) is 48.0. The number of anilines is 5. The zero-order valence-corrected chi connectivity index (χ0v) is 86.5. The molecule has 23 rings (SSSR count). The first-order chi connectivity index (χ1) is 70.5. The molecule has 0 radical (unpaired) electrons. The van der Waals surface area contributed by atoms with Gasteiger partial charge in [-0.15, -0.1) is 10.2 Å². The normalized spacial score (nSPS) is 12.4. The maximum Gasteiger partial charge on any atom is 0.279 e. The number of carbonyl (C=O) groups excluding carboxylic acids is 1. The van der Waals surface area contributed by atoms with Gasteiger partial charge in [0.05, 0.1) is 83.3 Å². The molecule has 50 heteroatoms. The van der Waals surface area contributed by atoms with E-state index < -0.39 is 5.82 Å². The van der Waals surface area contributed by atoms with Gasteiger partial charge in [-0.1, -0.05) is 39.1 Å². The van der Waals surface area contributed by atoms with Crippen molar-refractivity contribution in [1.82, 2.24) is 170 Å². The number of pyridine rings is 2. The average Bonchev–Trinajstić information content (AvgIpc) is 1.60. The van der Waals surface area contributed by atoms with Crippen molar-refractivity contribution in [3.05, 3.63) is 231 Å². The lowest BCUT2D eigenvalue weighted by Gasteiger charge is -2.16. The van der Waals surface area contributed by atoms with Gasteiger partial charge in [0, 0.05) is 153 Å². The lowest BCUT2D eigenvalue weighted by molar-refractivity contribution is 0.0997. The SMILES string of the molecule is C.C.CC(C)c1cnc2c(N)ncnn12.CC(C)n1cc(F)c2c(N)ncnc21.CC(C)n1cc(F)c2c1N=CCC2=O.CC(C)n1ccc(=O)n2ccnc12.CC(C)n1ccc2c(=O)[nH]cnc21.CC(C)n1ccc2c1N=CCC2N.CC(C)n1cnc2c(=O)[nH]c3cccn3c21.CC(C)n1cnc2c(=O)[nH]cnc21.CC(C)n1cnc2c(N)ncnc21.CC(C)n1nnc2c(N)ccnc21.CC(C)n1nnc2c(N)ccnc21. The van der Waals surface area contributed by atoms with Crippen molar-refractivity contribution in [2.45, 2.75) is 252 Å². The molecule has 0 aromatic carbocycles. The van der Waals surface area contributed by atoms with Crippen molar-refractivity contribution in [2.24, 2.45) is 15.7 Å². The standard InChI is InChI=1S/C11H12N4O.C10H11FN2O.C10H15N3.C9H11FN4.2C9H11N3O.4C8H11N5.C8H10N4O.2CH4/c1-7(2)15-6-12-9-10(16)13-8-4-3-5-14(8)11(9)15;1-6(2)13-5-7(11)9-8(14)3-4-12-10(9)13;1-7(2)13-6-4-8-9(11)3-5-12-10(8)13;1-5(2)14-3-6(10)7-8(11)12-4-13-9(7)14;1-7(2)11-5-3-8(13)12-6-4-10-9(11)12;1-6(2)12-4-3-7-8(12)10-5-11-9(7)13;1-5(2)13-4-12-6-7(9)10-3-11-8(6)13;1-5(2)6-3-10-8-7(9)11-4-12-13(6)8;2*1-5(2)13-8-7(11-12-13)6(9)3-4-10-8;1-5(2)12-4-11-6-7(12)9-3-10-8(6)13;;/h3-7H,1-2H3,(H,13,16);4-6H,3H2,1-2H3;4-7,9H,3,11H2,1-2H3;3-5H,1-2H3,(H2,11,12,13);3-7H,1-2H3;3-6H,1-2H3,(H,10,11,13);3-5H,1-2H3,(H2,9,10,11);3-5H,1-2H3,(H2,9,11,12);2*3-5H,1-2H3,(H2,9,10);3-5H,1-2H3,(H,9,10,13);2*1H4. The molecule has 0 saturated carbocycles. The summed E-state index contributed by atoms with van der Waals surface area (Å²) in [5.41, 5.74) is 46.8. The third-order valence-electron chi connectivity index (χ3n) is 23.3. The number of aromatic amines is 3. The minimum Gasteiger partial charge on any atom is -0.397 e. The number of ketones is 1. The van der Waals surface area contributed by atoms with Crippen LogP contribution in [0.1, 0.15) is 274 Å². The summed E-state index contributed by atoms with van der Waals surface area (Å²) in [6.07, 6.45) is 35.5. The Hall–Kier alpha value is -17.6. The number of aromatic nitrogens is 35. The van der Waals surface area contributed by atoms with Crippen LogP contribution in [0.4, 0.5) is 49.2 Å². The second kappa shape index (κ2) is 49.0. The number of halogens is 2. The monoisotopic (exact) mass is 2050 g/mol. The van der Waals surface area contributed by atoms with E-state index in [4.69, 9.17) is 34.4 Å². The summed E-state index contributed by atoms with van der Waals surface area (Å²) >= 11 is 0. The molecule has 48 nitrogen and oxygen atoms in total. The number of hydrogen-bond acceptors (Lipinski definition) is 32. The number of aliphatic imine (C=N–C) groups is 2. The van der Waals surface area contributed by atoms with E-state index in [0.717, 1.165) is 51.8 Å². The number of nitrogens with one attached hydrogen (secondary N) is 3. The Balaban J connectivity index is 0.000000156. The highest BCUT2D eigenvalue weighted by molar-refractivity contribution is 6.10. The van der Waals surface area contributed by atoms with Crippen molar-refractivity contribution < 1.29 is 13.6 Å². The molecule has 1 unspecified atom stereocenters. The molecule has 0 aliphatic carbocycles. The average molecular weight is 2060 g/mol. The maximum absolute atomic E-state index is 13.4. The van der Waals surface area contributed by atoms with Gasteiger partial charge in [0.2, 0.25) is 5.78 Å². The van der Waals surface area contributed by atoms with E-state index in [1.807, 2.05) is 127 Å². The number of imidazole rings is 5. The van der Waals surface area contributed by atoms with Gasteiger partial charge in [-0.25, -0.2) is 102 Å². The van der Waals surface area contributed by atoms with Crippen LogP contribution in [0.25, 0.3) is 95.0 Å². The number of nitrogens with two attached hydrogens (primary N) is 6. The summed E-state index contributed by atoms with van der Waals surface area (Å²) in [4.78, 5) is 130. The van der Waals surface area contributed by atoms with Gasteiger partial charge in [-0.2, -0.15) is 5.10 Å². The Morgan fingerprint density at radius 2 is 0.933 bits per heavy atom. The molecule has 0 bridgehead atoms. The fourth-order valence-electron chi connectivity index (χ4n) is 15.6. The van der Waals surface area contributed by atoms with Crippen LogP contribution in [-0.2, 0) is 0 Å². The molecule has 150 heavy (non-hydrogen) atoms. The Morgan fingerprint density at radius 1 is 0.407 bits per heavy atom. The fraction of sp³-hybridized carbons (Fsp3) is 0.380. The van der Waals surface area contributed by atoms with Gasteiger partial charge in [-0.3, -0.25) is 32.8 Å². The summed E-state index contributed by atoms with van der Waals surface area (Å²) in [5.74, 6) is 2.58. The van der Waals surface area contributed by atoms with Crippen molar-refractivity contribution >= 4 is 154 Å². The van der Waals surface area contributed by atoms with Crippen LogP contribution in [0, 0.1) is 11.6 Å². The number of Topliss-reactive ketones (excluding diaryl/α,β-unsaturated/α-hetero) is 1. The van der Waals surface area contributed by atoms with Gasteiger partial charge >= 0.3 is 0 Å². The summed E-state index contributed by atoms with van der Waals surface area (Å²) in [6.45, 7) is 44.9. The number of fused-ring (bicyclic) bond motifs is 13. The molecule has 21 aromatic heterocycles. The topological polar surface area (TPSA) is 621 Å². The Morgan fingerprint density at radius 3 is 1.53 bits per heavy atom. The second-order valence-corrected chi connectivity index (χ2v) is 37.4. The van der Waals surface area contributed by atoms with E-state index in [1.165, 1.54) is 55.8 Å². The summed E-state index contributed by atoms with van der Waals surface area (Å²) in [6, 6.07) is 15.5. The number of nitrogens with zero attached hydrogens (tertiary/aromatic N) is 34. The Labute approximate surface area is 860 Å². The van der Waals surface area contributed by atoms with Gasteiger partial charge in [-0.05, 0) is 181 Å². The van der Waals surface area contributed by atoms with Gasteiger partial charge in [0.1, 0.15) is 58.9 Å². The molecule has 21 aromatic rings. The van der Waals surface area contributed by atoms with Crippen molar-refractivity contribution in [3.8, 4) is 0 Å². The highest BCUT2D eigenvalue weighted by Crippen LogP contribution is 2.35. The van der Waals surface area contributed by atoms with E-state index in [9.17, 15) is 32.8 Å². The summed E-state index contributed by atoms with van der Waals surface area (Å²) < 4.78 is 50.9. The predicted molar refractivity (Wildman–Crippen MR) is 583 cm³/mol. The second-order valence-electron chi connectivity index (χ2n) is 37.4. The minimum atomic E-state index is -0.462. The number of H-pyrrole nitrogens is 3. The molecule has 23 heterocycles. The zero-order chi connectivity index (χ0) is 107. The molecular formula is C100H133F2N43O5. The van der Waals surface area contributed by atoms with Gasteiger partial charge < -0.3 is 85.9 Å². The van der Waals surface area contributed by atoms with Gasteiger partial charge in [0.15, 0.2) is 85.0 Å². The fourth-order valence-corrected chi connectivity index (χ4v) is 15.6. The Kier molecular flexibility index (Phi) is 36.8. The number of nitrogen functional groups attached to an aromatic ring is 5. The molecular weight excluding hydrogens is 1920 g/mol. The van der Waals surface area contributed by atoms with Crippen LogP contribution in [0.3, 0.4) is 0 Å². The third-order valence-corrected chi connectivity index (χ3v) is 23.3. The largest absolute Gasteiger partial charge is 0.397 e. The number of hydrogen-bond donors (Lipinski definition) is 9.